The summed E-state index contributed by atoms with van der Waals surface area (Å²) in [6, 6.07) is 4.00. The van der Waals surface area contributed by atoms with Crippen molar-refractivity contribution in [1.82, 2.24) is 5.32 Å². The van der Waals surface area contributed by atoms with Crippen molar-refractivity contribution < 1.29 is 14.2 Å². The molecule has 0 heterocycles. The number of methoxy groups -OCH3 is 1. The van der Waals surface area contributed by atoms with Crippen molar-refractivity contribution in [2.24, 2.45) is 0 Å². The zero-order valence-corrected chi connectivity index (χ0v) is 8.09. The predicted octanol–water partition coefficient (Wildman–Crippen LogP) is 1.27. The first-order valence-corrected chi connectivity index (χ1v) is 4.40. The molecule has 0 spiro atoms. The maximum atomic E-state index is 12.8. The van der Waals surface area contributed by atoms with Gasteiger partial charge in [0.1, 0.15) is 11.6 Å². The normalized spacial score (nSPS) is 10.4. The third-order valence-electron chi connectivity index (χ3n) is 1.75. The first kappa shape index (κ1) is 10.9. The second-order valence-corrected chi connectivity index (χ2v) is 2.99. The van der Waals surface area contributed by atoms with E-state index in [1.165, 1.54) is 12.1 Å². The molecule has 0 atom stereocenters. The van der Waals surface area contributed by atoms with E-state index in [1.807, 2.05) is 0 Å². The highest BCUT2D eigenvalue weighted by Gasteiger charge is 1.98. The van der Waals surface area contributed by atoms with Gasteiger partial charge in [-0.25, -0.2) is 4.39 Å². The Morgan fingerprint density at radius 2 is 2.21 bits per heavy atom. The van der Waals surface area contributed by atoms with E-state index in [0.29, 0.717) is 19.7 Å². The van der Waals surface area contributed by atoms with Gasteiger partial charge in [-0.15, -0.1) is 0 Å². The quantitative estimate of drug-likeness (QED) is 0.702. The Labute approximate surface area is 82.5 Å². The number of hydrogen-bond acceptors (Lipinski definition) is 3. The van der Waals surface area contributed by atoms with Crippen LogP contribution in [-0.4, -0.2) is 25.4 Å². The number of phenols is 1. The van der Waals surface area contributed by atoms with Crippen LogP contribution in [-0.2, 0) is 11.3 Å². The lowest BCUT2D eigenvalue weighted by molar-refractivity contribution is 0.199. The Bertz CT molecular complexity index is 271. The lowest BCUT2D eigenvalue weighted by atomic mass is 10.2. The van der Waals surface area contributed by atoms with Crippen LogP contribution in [0.15, 0.2) is 18.2 Å². The highest BCUT2D eigenvalue weighted by Crippen LogP contribution is 2.14. The predicted molar refractivity (Wildman–Crippen MR) is 51.6 cm³/mol. The molecule has 0 aromatic heterocycles. The lowest BCUT2D eigenvalue weighted by Crippen LogP contribution is -2.18. The zero-order chi connectivity index (χ0) is 10.4. The van der Waals surface area contributed by atoms with Crippen LogP contribution in [0.4, 0.5) is 4.39 Å². The van der Waals surface area contributed by atoms with E-state index in [-0.39, 0.29) is 5.75 Å². The van der Waals surface area contributed by atoms with Crippen molar-refractivity contribution in [2.45, 2.75) is 6.54 Å². The molecule has 1 aromatic rings. The smallest absolute Gasteiger partial charge is 0.127 e. The molecule has 78 valence electrons. The van der Waals surface area contributed by atoms with Gasteiger partial charge in [0.2, 0.25) is 0 Å². The minimum Gasteiger partial charge on any atom is -0.508 e. The van der Waals surface area contributed by atoms with Crippen LogP contribution in [0.25, 0.3) is 0 Å². The molecule has 0 aliphatic heterocycles. The van der Waals surface area contributed by atoms with Crippen molar-refractivity contribution in [3.63, 3.8) is 0 Å². The molecule has 1 rings (SSSR count). The van der Waals surface area contributed by atoms with Gasteiger partial charge >= 0.3 is 0 Å². The van der Waals surface area contributed by atoms with E-state index >= 15 is 0 Å². The molecular weight excluding hydrogens is 185 g/mol. The van der Waals surface area contributed by atoms with Crippen molar-refractivity contribution in [2.75, 3.05) is 20.3 Å². The summed E-state index contributed by atoms with van der Waals surface area (Å²) in [4.78, 5) is 0. The fraction of sp³-hybridized carbons (Fsp3) is 0.400. The van der Waals surface area contributed by atoms with E-state index in [9.17, 15) is 4.39 Å². The van der Waals surface area contributed by atoms with Crippen molar-refractivity contribution >= 4 is 0 Å². The summed E-state index contributed by atoms with van der Waals surface area (Å²) in [5, 5.41) is 12.2. The van der Waals surface area contributed by atoms with Gasteiger partial charge in [-0.1, -0.05) is 0 Å². The van der Waals surface area contributed by atoms with E-state index in [0.717, 1.165) is 11.6 Å². The van der Waals surface area contributed by atoms with Crippen molar-refractivity contribution in [3.8, 4) is 5.75 Å². The average molecular weight is 199 g/mol. The number of halogens is 1. The number of hydrogen-bond donors (Lipinski definition) is 2. The maximum Gasteiger partial charge on any atom is 0.127 e. The Balaban J connectivity index is 2.42. The summed E-state index contributed by atoms with van der Waals surface area (Å²) in [6.45, 7) is 1.84. The number of benzene rings is 1. The largest absolute Gasteiger partial charge is 0.508 e. The molecule has 0 saturated carbocycles. The summed E-state index contributed by atoms with van der Waals surface area (Å²) in [6.07, 6.45) is 0. The molecular formula is C10H14FNO2. The Morgan fingerprint density at radius 3 is 2.86 bits per heavy atom. The van der Waals surface area contributed by atoms with Crippen LogP contribution < -0.4 is 5.32 Å². The van der Waals surface area contributed by atoms with E-state index < -0.39 is 5.82 Å². The Morgan fingerprint density at radius 1 is 1.43 bits per heavy atom. The molecule has 14 heavy (non-hydrogen) atoms. The first-order valence-electron chi connectivity index (χ1n) is 4.40. The second-order valence-electron chi connectivity index (χ2n) is 2.99. The number of rotatable bonds is 5. The SMILES string of the molecule is COCCNCc1cc(O)cc(F)c1. The topological polar surface area (TPSA) is 41.5 Å². The van der Waals surface area contributed by atoms with Gasteiger partial charge in [0.15, 0.2) is 0 Å². The molecule has 1 aromatic carbocycles. The van der Waals surface area contributed by atoms with Crippen LogP contribution in [0.5, 0.6) is 5.75 Å². The van der Waals surface area contributed by atoms with Gasteiger partial charge in [0, 0.05) is 26.3 Å². The van der Waals surface area contributed by atoms with Crippen LogP contribution in [0, 0.1) is 5.82 Å². The molecule has 0 unspecified atom stereocenters. The minimum absolute atomic E-state index is 0.0476. The zero-order valence-electron chi connectivity index (χ0n) is 8.09. The molecule has 4 heteroatoms. The standard InChI is InChI=1S/C10H14FNO2/c1-14-3-2-12-7-8-4-9(11)6-10(13)5-8/h4-6,12-13H,2-3,7H2,1H3. The molecule has 0 bridgehead atoms. The number of ether oxygens (including phenoxy) is 1. The molecule has 3 nitrogen and oxygen atoms in total. The van der Waals surface area contributed by atoms with Gasteiger partial charge < -0.3 is 15.2 Å². The molecule has 0 saturated heterocycles. The summed E-state index contributed by atoms with van der Waals surface area (Å²) in [5.41, 5.74) is 0.721. The van der Waals surface area contributed by atoms with Crippen molar-refractivity contribution in [3.05, 3.63) is 29.6 Å². The number of nitrogens with one attached hydrogen (secondary N) is 1. The monoisotopic (exact) mass is 199 g/mol. The van der Waals surface area contributed by atoms with Crippen LogP contribution in [0.3, 0.4) is 0 Å². The molecule has 0 aliphatic carbocycles. The molecule has 0 amide bonds. The third kappa shape index (κ3) is 3.72. The van der Waals surface area contributed by atoms with Gasteiger partial charge in [-0.05, 0) is 17.7 Å². The van der Waals surface area contributed by atoms with Gasteiger partial charge in [-0.3, -0.25) is 0 Å². The number of phenolic OH excluding ortho intramolecular Hbond substituents is 1. The van der Waals surface area contributed by atoms with Crippen LogP contribution in [0.1, 0.15) is 5.56 Å². The number of aromatic hydroxyl groups is 1. The van der Waals surface area contributed by atoms with Crippen molar-refractivity contribution in [1.29, 1.82) is 0 Å². The maximum absolute atomic E-state index is 12.8. The first-order chi connectivity index (χ1) is 6.72. The van der Waals surface area contributed by atoms with E-state index in [4.69, 9.17) is 9.84 Å². The summed E-state index contributed by atoms with van der Waals surface area (Å²) in [5.74, 6) is -0.470. The van der Waals surface area contributed by atoms with Crippen LogP contribution >= 0.6 is 0 Å². The highest BCUT2D eigenvalue weighted by atomic mass is 19.1. The lowest BCUT2D eigenvalue weighted by Gasteiger charge is -2.04. The summed E-state index contributed by atoms with van der Waals surface area (Å²) in [7, 11) is 1.62. The highest BCUT2D eigenvalue weighted by molar-refractivity contribution is 5.28. The van der Waals surface area contributed by atoms with E-state index in [1.54, 1.807) is 7.11 Å². The van der Waals surface area contributed by atoms with Gasteiger partial charge in [0.25, 0.3) is 0 Å². The fourth-order valence-corrected chi connectivity index (χ4v) is 1.14. The molecule has 0 radical (unpaired) electrons. The summed E-state index contributed by atoms with van der Waals surface area (Å²) >= 11 is 0. The van der Waals surface area contributed by atoms with Gasteiger partial charge in [0.05, 0.1) is 6.61 Å². The Hall–Kier alpha value is -1.13. The minimum atomic E-state index is -0.423. The average Bonchev–Trinajstić information content (AvgIpc) is 2.11. The molecule has 2 N–H and O–H groups in total. The fourth-order valence-electron chi connectivity index (χ4n) is 1.14. The van der Waals surface area contributed by atoms with Gasteiger partial charge in [-0.2, -0.15) is 0 Å². The molecule has 0 aliphatic rings. The molecule has 0 fully saturated rings. The third-order valence-corrected chi connectivity index (χ3v) is 1.75. The van der Waals surface area contributed by atoms with E-state index in [2.05, 4.69) is 5.32 Å². The Kier molecular flexibility index (Phi) is 4.35. The summed E-state index contributed by atoms with van der Waals surface area (Å²) < 4.78 is 17.6. The van der Waals surface area contributed by atoms with Crippen LogP contribution in [0.2, 0.25) is 0 Å². The second kappa shape index (κ2) is 5.57.